The molecule has 0 aliphatic heterocycles. The predicted molar refractivity (Wildman–Crippen MR) is 76.1 cm³/mol. The summed E-state index contributed by atoms with van der Waals surface area (Å²) in [4.78, 5) is 16.1. The molecule has 1 aromatic carbocycles. The van der Waals surface area contributed by atoms with Gasteiger partial charge in [-0.3, -0.25) is 4.79 Å². The van der Waals surface area contributed by atoms with Gasteiger partial charge in [0, 0.05) is 15.0 Å². The molecule has 2 rings (SSSR count). The number of carbonyl (C=O) groups excluding carboxylic acids is 1. The van der Waals surface area contributed by atoms with Crippen LogP contribution < -0.4 is 5.32 Å². The summed E-state index contributed by atoms with van der Waals surface area (Å²) in [7, 11) is 0. The number of amides is 1. The lowest BCUT2D eigenvalue weighted by atomic mass is 10.2. The molecule has 4 heteroatoms. The normalized spacial score (nSPS) is 10.0. The van der Waals surface area contributed by atoms with Crippen LogP contribution in [-0.4, -0.2) is 10.9 Å². The van der Waals surface area contributed by atoms with E-state index in [1.54, 1.807) is 6.07 Å². The van der Waals surface area contributed by atoms with Crippen molar-refractivity contribution in [2.24, 2.45) is 0 Å². The zero-order valence-electron chi connectivity index (χ0n) is 9.27. The van der Waals surface area contributed by atoms with E-state index in [0.29, 0.717) is 5.69 Å². The number of rotatable bonds is 2. The van der Waals surface area contributed by atoms with Crippen molar-refractivity contribution in [2.75, 3.05) is 5.32 Å². The summed E-state index contributed by atoms with van der Waals surface area (Å²) >= 11 is 2.21. The molecule has 2 aromatic rings. The van der Waals surface area contributed by atoms with Gasteiger partial charge in [0.2, 0.25) is 0 Å². The lowest BCUT2D eigenvalue weighted by molar-refractivity contribution is 0.102. The molecule has 0 radical (unpaired) electrons. The maximum Gasteiger partial charge on any atom is 0.274 e. The molecule has 1 amide bonds. The van der Waals surface area contributed by atoms with Crippen molar-refractivity contribution in [3.05, 3.63) is 57.4 Å². The van der Waals surface area contributed by atoms with Gasteiger partial charge in [0.1, 0.15) is 5.69 Å². The maximum atomic E-state index is 11.9. The minimum absolute atomic E-state index is 0.185. The Morgan fingerprint density at radius 2 is 2.00 bits per heavy atom. The topological polar surface area (TPSA) is 42.0 Å². The SMILES string of the molecule is Cc1cccc(C(=O)Nc2cccc(I)c2)n1. The van der Waals surface area contributed by atoms with Gasteiger partial charge in [-0.1, -0.05) is 12.1 Å². The fourth-order valence-electron chi connectivity index (χ4n) is 1.43. The van der Waals surface area contributed by atoms with E-state index in [4.69, 9.17) is 0 Å². The standard InChI is InChI=1S/C13H11IN2O/c1-9-4-2-7-12(15-9)13(17)16-11-6-3-5-10(14)8-11/h2-8H,1H3,(H,16,17). The highest BCUT2D eigenvalue weighted by molar-refractivity contribution is 14.1. The summed E-state index contributed by atoms with van der Waals surface area (Å²) < 4.78 is 1.08. The molecular weight excluding hydrogens is 327 g/mol. The van der Waals surface area contributed by atoms with Crippen LogP contribution in [0.2, 0.25) is 0 Å². The van der Waals surface area contributed by atoms with Crippen LogP contribution in [0.5, 0.6) is 0 Å². The molecule has 1 heterocycles. The number of carbonyl (C=O) groups is 1. The second kappa shape index (κ2) is 5.27. The van der Waals surface area contributed by atoms with Gasteiger partial charge in [-0.15, -0.1) is 0 Å². The quantitative estimate of drug-likeness (QED) is 0.854. The molecular formula is C13H11IN2O. The largest absolute Gasteiger partial charge is 0.321 e. The number of nitrogens with one attached hydrogen (secondary N) is 1. The average Bonchev–Trinajstić information content (AvgIpc) is 2.29. The van der Waals surface area contributed by atoms with E-state index < -0.39 is 0 Å². The Morgan fingerprint density at radius 3 is 2.71 bits per heavy atom. The molecule has 0 spiro atoms. The first-order chi connectivity index (χ1) is 8.15. The summed E-state index contributed by atoms with van der Waals surface area (Å²) in [6, 6.07) is 13.0. The molecule has 17 heavy (non-hydrogen) atoms. The van der Waals surface area contributed by atoms with E-state index in [1.165, 1.54) is 0 Å². The van der Waals surface area contributed by atoms with Crippen LogP contribution in [0, 0.1) is 10.5 Å². The lowest BCUT2D eigenvalue weighted by Gasteiger charge is -2.05. The maximum absolute atomic E-state index is 11.9. The number of anilines is 1. The Morgan fingerprint density at radius 1 is 1.24 bits per heavy atom. The van der Waals surface area contributed by atoms with Gasteiger partial charge in [-0.2, -0.15) is 0 Å². The second-order valence-electron chi connectivity index (χ2n) is 3.63. The first kappa shape index (κ1) is 12.0. The number of pyridine rings is 1. The third-order valence-corrected chi connectivity index (χ3v) is 2.87. The molecule has 3 nitrogen and oxygen atoms in total. The van der Waals surface area contributed by atoms with Gasteiger partial charge in [0.25, 0.3) is 5.91 Å². The fourth-order valence-corrected chi connectivity index (χ4v) is 1.97. The molecule has 0 saturated carbocycles. The molecule has 0 saturated heterocycles. The summed E-state index contributed by atoms with van der Waals surface area (Å²) in [5, 5.41) is 2.82. The number of hydrogen-bond donors (Lipinski definition) is 1. The van der Waals surface area contributed by atoms with Gasteiger partial charge in [0.05, 0.1) is 0 Å². The highest BCUT2D eigenvalue weighted by Crippen LogP contribution is 2.13. The third-order valence-electron chi connectivity index (χ3n) is 2.20. The van der Waals surface area contributed by atoms with Crippen LogP contribution in [-0.2, 0) is 0 Å². The van der Waals surface area contributed by atoms with Crippen molar-refractivity contribution in [3.8, 4) is 0 Å². The summed E-state index contributed by atoms with van der Waals surface area (Å²) in [5.74, 6) is -0.185. The molecule has 0 atom stereocenters. The average molecular weight is 338 g/mol. The highest BCUT2D eigenvalue weighted by Gasteiger charge is 2.07. The number of hydrogen-bond acceptors (Lipinski definition) is 2. The Balaban J connectivity index is 2.17. The van der Waals surface area contributed by atoms with Crippen molar-refractivity contribution in [2.45, 2.75) is 6.92 Å². The van der Waals surface area contributed by atoms with Crippen LogP contribution in [0.25, 0.3) is 0 Å². The van der Waals surface area contributed by atoms with Crippen LogP contribution in [0.1, 0.15) is 16.2 Å². The molecule has 1 N–H and O–H groups in total. The number of aromatic nitrogens is 1. The monoisotopic (exact) mass is 338 g/mol. The molecule has 0 unspecified atom stereocenters. The predicted octanol–water partition coefficient (Wildman–Crippen LogP) is 3.25. The van der Waals surface area contributed by atoms with E-state index in [1.807, 2.05) is 43.3 Å². The van der Waals surface area contributed by atoms with Crippen molar-refractivity contribution in [1.29, 1.82) is 0 Å². The van der Waals surface area contributed by atoms with Gasteiger partial charge in [0.15, 0.2) is 0 Å². The molecule has 0 bridgehead atoms. The molecule has 1 aromatic heterocycles. The first-order valence-electron chi connectivity index (χ1n) is 5.16. The number of nitrogens with zero attached hydrogens (tertiary/aromatic N) is 1. The fraction of sp³-hybridized carbons (Fsp3) is 0.0769. The van der Waals surface area contributed by atoms with E-state index >= 15 is 0 Å². The number of aryl methyl sites for hydroxylation is 1. The van der Waals surface area contributed by atoms with Crippen LogP contribution in [0.15, 0.2) is 42.5 Å². The lowest BCUT2D eigenvalue weighted by Crippen LogP contribution is -2.13. The van der Waals surface area contributed by atoms with Crippen LogP contribution in [0.4, 0.5) is 5.69 Å². The van der Waals surface area contributed by atoms with Gasteiger partial charge < -0.3 is 5.32 Å². The Labute approximate surface area is 113 Å². The molecule has 0 aliphatic carbocycles. The van der Waals surface area contributed by atoms with Gasteiger partial charge in [-0.25, -0.2) is 4.98 Å². The Hall–Kier alpha value is -1.43. The zero-order chi connectivity index (χ0) is 12.3. The molecule has 0 aliphatic rings. The van der Waals surface area contributed by atoms with Crippen LogP contribution >= 0.6 is 22.6 Å². The van der Waals surface area contributed by atoms with E-state index in [0.717, 1.165) is 15.0 Å². The zero-order valence-corrected chi connectivity index (χ0v) is 11.4. The summed E-state index contributed by atoms with van der Waals surface area (Å²) in [6.45, 7) is 1.86. The third kappa shape index (κ3) is 3.26. The van der Waals surface area contributed by atoms with Gasteiger partial charge >= 0.3 is 0 Å². The minimum Gasteiger partial charge on any atom is -0.321 e. The second-order valence-corrected chi connectivity index (χ2v) is 4.87. The first-order valence-corrected chi connectivity index (χ1v) is 6.23. The van der Waals surface area contributed by atoms with Gasteiger partial charge in [-0.05, 0) is 59.8 Å². The molecule has 0 fully saturated rings. The van der Waals surface area contributed by atoms with E-state index in [-0.39, 0.29) is 5.91 Å². The molecule has 86 valence electrons. The summed E-state index contributed by atoms with van der Waals surface area (Å²) in [5.41, 5.74) is 2.05. The van der Waals surface area contributed by atoms with E-state index in [9.17, 15) is 4.79 Å². The van der Waals surface area contributed by atoms with Crippen molar-refractivity contribution in [1.82, 2.24) is 4.98 Å². The van der Waals surface area contributed by atoms with Crippen LogP contribution in [0.3, 0.4) is 0 Å². The smallest absolute Gasteiger partial charge is 0.274 e. The number of halogens is 1. The minimum atomic E-state index is -0.185. The Bertz CT molecular complexity index is 555. The Kier molecular flexibility index (Phi) is 3.73. The van der Waals surface area contributed by atoms with Crippen molar-refractivity contribution >= 4 is 34.2 Å². The highest BCUT2D eigenvalue weighted by atomic mass is 127. The van der Waals surface area contributed by atoms with Crippen molar-refractivity contribution < 1.29 is 4.79 Å². The summed E-state index contributed by atoms with van der Waals surface area (Å²) in [6.07, 6.45) is 0. The number of benzene rings is 1. The van der Waals surface area contributed by atoms with Crippen molar-refractivity contribution in [3.63, 3.8) is 0 Å². The van der Waals surface area contributed by atoms with E-state index in [2.05, 4.69) is 32.9 Å².